The summed E-state index contributed by atoms with van der Waals surface area (Å²) in [5.41, 5.74) is 2.31. The van der Waals surface area contributed by atoms with Crippen molar-refractivity contribution in [3.05, 3.63) is 17.7 Å². The SMILES string of the molecule is COc1cc(C)c(NC2CCC(OC)CC2)cc1OC. The van der Waals surface area contributed by atoms with Crippen molar-refractivity contribution in [2.24, 2.45) is 0 Å². The van der Waals surface area contributed by atoms with Crippen LogP contribution in [0.2, 0.25) is 0 Å². The lowest BCUT2D eigenvalue weighted by Gasteiger charge is -2.29. The van der Waals surface area contributed by atoms with Gasteiger partial charge in [0.2, 0.25) is 0 Å². The van der Waals surface area contributed by atoms with Gasteiger partial charge in [0.1, 0.15) is 0 Å². The Morgan fingerprint density at radius 1 is 0.950 bits per heavy atom. The minimum absolute atomic E-state index is 0.430. The molecule has 1 aliphatic rings. The molecule has 0 heterocycles. The van der Waals surface area contributed by atoms with Crippen molar-refractivity contribution in [1.29, 1.82) is 0 Å². The van der Waals surface area contributed by atoms with E-state index in [1.54, 1.807) is 21.3 Å². The predicted molar refractivity (Wildman–Crippen MR) is 81.0 cm³/mol. The summed E-state index contributed by atoms with van der Waals surface area (Å²) in [6.45, 7) is 2.09. The number of rotatable bonds is 5. The summed E-state index contributed by atoms with van der Waals surface area (Å²) in [5, 5.41) is 3.63. The van der Waals surface area contributed by atoms with Gasteiger partial charge in [-0.1, -0.05) is 0 Å². The Labute approximate surface area is 121 Å². The van der Waals surface area contributed by atoms with Crippen LogP contribution < -0.4 is 14.8 Å². The summed E-state index contributed by atoms with van der Waals surface area (Å²) < 4.78 is 16.1. The second-order valence-corrected chi connectivity index (χ2v) is 5.38. The van der Waals surface area contributed by atoms with Crippen molar-refractivity contribution in [2.45, 2.75) is 44.8 Å². The van der Waals surface area contributed by atoms with Crippen molar-refractivity contribution in [3.8, 4) is 11.5 Å². The first-order valence-corrected chi connectivity index (χ1v) is 7.20. The Bertz CT molecular complexity index is 440. The molecule has 0 amide bonds. The summed E-state index contributed by atoms with van der Waals surface area (Å²) >= 11 is 0. The van der Waals surface area contributed by atoms with E-state index in [0.29, 0.717) is 12.1 Å². The van der Waals surface area contributed by atoms with Crippen LogP contribution in [0.15, 0.2) is 12.1 Å². The van der Waals surface area contributed by atoms with Crippen molar-refractivity contribution in [2.75, 3.05) is 26.6 Å². The fourth-order valence-corrected chi connectivity index (χ4v) is 2.80. The van der Waals surface area contributed by atoms with Crippen LogP contribution >= 0.6 is 0 Å². The van der Waals surface area contributed by atoms with E-state index in [9.17, 15) is 0 Å². The molecule has 1 aromatic rings. The molecule has 1 fully saturated rings. The zero-order valence-corrected chi connectivity index (χ0v) is 12.9. The number of benzene rings is 1. The van der Waals surface area contributed by atoms with Gasteiger partial charge in [-0.25, -0.2) is 0 Å². The van der Waals surface area contributed by atoms with Crippen molar-refractivity contribution in [3.63, 3.8) is 0 Å². The number of hydrogen-bond donors (Lipinski definition) is 1. The zero-order valence-electron chi connectivity index (χ0n) is 12.9. The van der Waals surface area contributed by atoms with Crippen LogP contribution in [0.3, 0.4) is 0 Å². The maximum absolute atomic E-state index is 5.42. The zero-order chi connectivity index (χ0) is 14.5. The monoisotopic (exact) mass is 279 g/mol. The highest BCUT2D eigenvalue weighted by Gasteiger charge is 2.21. The van der Waals surface area contributed by atoms with E-state index < -0.39 is 0 Å². The lowest BCUT2D eigenvalue weighted by atomic mass is 9.92. The van der Waals surface area contributed by atoms with E-state index in [4.69, 9.17) is 14.2 Å². The molecule has 1 aliphatic carbocycles. The highest BCUT2D eigenvalue weighted by Crippen LogP contribution is 2.34. The molecule has 0 atom stereocenters. The smallest absolute Gasteiger partial charge is 0.162 e. The van der Waals surface area contributed by atoms with Crippen molar-refractivity contribution >= 4 is 5.69 Å². The molecule has 4 nitrogen and oxygen atoms in total. The van der Waals surface area contributed by atoms with Gasteiger partial charge in [-0.3, -0.25) is 0 Å². The molecule has 1 N–H and O–H groups in total. The van der Waals surface area contributed by atoms with E-state index in [-0.39, 0.29) is 0 Å². The first kappa shape index (κ1) is 15.0. The lowest BCUT2D eigenvalue weighted by molar-refractivity contribution is 0.0682. The molecule has 20 heavy (non-hydrogen) atoms. The Hall–Kier alpha value is -1.42. The van der Waals surface area contributed by atoms with E-state index in [1.807, 2.05) is 12.1 Å². The molecule has 1 aromatic carbocycles. The molecule has 0 radical (unpaired) electrons. The lowest BCUT2D eigenvalue weighted by Crippen LogP contribution is -2.29. The summed E-state index contributed by atoms with van der Waals surface area (Å²) in [7, 11) is 5.13. The third-order valence-corrected chi connectivity index (χ3v) is 4.10. The highest BCUT2D eigenvalue weighted by molar-refractivity contribution is 5.60. The normalized spacial score (nSPS) is 22.4. The standard InChI is InChI=1S/C16H25NO3/c1-11-9-15(19-3)16(20-4)10-14(11)17-12-5-7-13(18-2)8-6-12/h9-10,12-13,17H,5-8H2,1-4H3. The van der Waals surface area contributed by atoms with Crippen molar-refractivity contribution in [1.82, 2.24) is 0 Å². The first-order valence-electron chi connectivity index (χ1n) is 7.20. The maximum Gasteiger partial charge on any atom is 0.162 e. The largest absolute Gasteiger partial charge is 0.493 e. The molecular weight excluding hydrogens is 254 g/mol. The summed E-state index contributed by atoms with van der Waals surface area (Å²) in [6.07, 6.45) is 4.97. The third kappa shape index (κ3) is 3.37. The topological polar surface area (TPSA) is 39.7 Å². The number of aryl methyl sites for hydroxylation is 1. The van der Waals surface area contributed by atoms with E-state index in [0.717, 1.165) is 42.9 Å². The number of anilines is 1. The van der Waals surface area contributed by atoms with Gasteiger partial charge < -0.3 is 19.5 Å². The average molecular weight is 279 g/mol. The molecule has 0 saturated heterocycles. The Morgan fingerprint density at radius 3 is 2.10 bits per heavy atom. The molecule has 0 aromatic heterocycles. The quantitative estimate of drug-likeness (QED) is 0.897. The molecule has 1 saturated carbocycles. The van der Waals surface area contributed by atoms with Gasteiger partial charge in [0, 0.05) is 24.9 Å². The maximum atomic E-state index is 5.42. The average Bonchev–Trinajstić information content (AvgIpc) is 2.49. The Morgan fingerprint density at radius 2 is 1.55 bits per heavy atom. The van der Waals surface area contributed by atoms with Gasteiger partial charge in [-0.15, -0.1) is 0 Å². The molecule has 112 valence electrons. The predicted octanol–water partition coefficient (Wildman–Crippen LogP) is 3.38. The Balaban J connectivity index is 2.06. The molecule has 4 heteroatoms. The fourth-order valence-electron chi connectivity index (χ4n) is 2.80. The first-order chi connectivity index (χ1) is 9.67. The second kappa shape index (κ2) is 6.84. The molecule has 2 rings (SSSR count). The van der Waals surface area contributed by atoms with Gasteiger partial charge in [0.25, 0.3) is 0 Å². The van der Waals surface area contributed by atoms with E-state index in [2.05, 4.69) is 12.2 Å². The van der Waals surface area contributed by atoms with Crippen LogP contribution in [-0.4, -0.2) is 33.5 Å². The van der Waals surface area contributed by atoms with Gasteiger partial charge in [-0.05, 0) is 44.2 Å². The van der Waals surface area contributed by atoms with Crippen LogP contribution in [0, 0.1) is 6.92 Å². The van der Waals surface area contributed by atoms with Gasteiger partial charge in [-0.2, -0.15) is 0 Å². The number of methoxy groups -OCH3 is 3. The minimum atomic E-state index is 0.430. The van der Waals surface area contributed by atoms with E-state index in [1.165, 1.54) is 5.56 Å². The van der Waals surface area contributed by atoms with Gasteiger partial charge in [0.05, 0.1) is 20.3 Å². The number of ether oxygens (including phenoxy) is 3. The number of hydrogen-bond acceptors (Lipinski definition) is 4. The van der Waals surface area contributed by atoms with Crippen LogP contribution in [0.5, 0.6) is 11.5 Å². The van der Waals surface area contributed by atoms with Crippen LogP contribution in [0.4, 0.5) is 5.69 Å². The summed E-state index contributed by atoms with van der Waals surface area (Å²) in [4.78, 5) is 0. The molecule has 0 aliphatic heterocycles. The number of nitrogens with one attached hydrogen (secondary N) is 1. The molecular formula is C16H25NO3. The fraction of sp³-hybridized carbons (Fsp3) is 0.625. The minimum Gasteiger partial charge on any atom is -0.493 e. The van der Waals surface area contributed by atoms with Gasteiger partial charge >= 0.3 is 0 Å². The molecule has 0 bridgehead atoms. The molecule has 0 spiro atoms. The second-order valence-electron chi connectivity index (χ2n) is 5.38. The Kier molecular flexibility index (Phi) is 5.12. The molecule has 0 unspecified atom stereocenters. The summed E-state index contributed by atoms with van der Waals surface area (Å²) in [5.74, 6) is 1.55. The van der Waals surface area contributed by atoms with Crippen LogP contribution in [0.1, 0.15) is 31.2 Å². The van der Waals surface area contributed by atoms with Gasteiger partial charge in [0.15, 0.2) is 11.5 Å². The third-order valence-electron chi connectivity index (χ3n) is 4.10. The van der Waals surface area contributed by atoms with Crippen molar-refractivity contribution < 1.29 is 14.2 Å². The summed E-state index contributed by atoms with van der Waals surface area (Å²) in [6, 6.07) is 4.55. The van der Waals surface area contributed by atoms with Crippen LogP contribution in [0.25, 0.3) is 0 Å². The highest BCUT2D eigenvalue weighted by atomic mass is 16.5. The van der Waals surface area contributed by atoms with Crippen LogP contribution in [-0.2, 0) is 4.74 Å². The van der Waals surface area contributed by atoms with E-state index >= 15 is 0 Å².